The third kappa shape index (κ3) is 4.96. The summed E-state index contributed by atoms with van der Waals surface area (Å²) in [5, 5.41) is 10.6. The summed E-state index contributed by atoms with van der Waals surface area (Å²) in [7, 11) is 1.63. The van der Waals surface area contributed by atoms with Crippen LogP contribution in [0, 0.1) is 24.0 Å². The lowest BCUT2D eigenvalue weighted by atomic mass is 10.1. The first-order chi connectivity index (χ1) is 13.3. The smallest absolute Gasteiger partial charge is 0.340 e. The fraction of sp³-hybridized carbons (Fsp3) is 0.368. The highest BCUT2D eigenvalue weighted by molar-refractivity contribution is 6.33. The number of benzene rings is 1. The zero-order chi connectivity index (χ0) is 20.8. The normalized spacial score (nSPS) is 10.7. The quantitative estimate of drug-likeness (QED) is 0.206. The summed E-state index contributed by atoms with van der Waals surface area (Å²) in [5.41, 5.74) is 1.94. The molecule has 0 saturated carbocycles. The molecule has 0 N–H and O–H groups in total. The Morgan fingerprint density at radius 3 is 2.54 bits per heavy atom. The maximum Gasteiger partial charge on any atom is 0.340 e. The van der Waals surface area contributed by atoms with Crippen LogP contribution in [0.2, 0.25) is 5.02 Å². The number of nitro benzene ring substituents is 1. The highest BCUT2D eigenvalue weighted by atomic mass is 35.5. The van der Waals surface area contributed by atoms with Crippen LogP contribution in [0.15, 0.2) is 24.3 Å². The van der Waals surface area contributed by atoms with Gasteiger partial charge in [-0.2, -0.15) is 0 Å². The SMILES string of the molecule is COCCCn1c(C)cc(C(=O)COC(=O)c2ccc([N+](=O)[O-])cc2Cl)c1C. The molecule has 0 spiro atoms. The molecule has 150 valence electrons. The van der Waals surface area contributed by atoms with E-state index in [2.05, 4.69) is 0 Å². The number of ether oxygens (including phenoxy) is 2. The Bertz CT molecular complexity index is 906. The van der Waals surface area contributed by atoms with Crippen molar-refractivity contribution in [3.8, 4) is 0 Å². The number of carbonyl (C=O) groups is 2. The molecule has 2 aromatic rings. The second-order valence-corrected chi connectivity index (χ2v) is 6.61. The number of ketones is 1. The molecule has 1 aromatic heterocycles. The van der Waals surface area contributed by atoms with Crippen molar-refractivity contribution in [1.82, 2.24) is 4.57 Å². The predicted molar refractivity (Wildman–Crippen MR) is 103 cm³/mol. The number of aryl methyl sites for hydroxylation is 1. The van der Waals surface area contributed by atoms with Gasteiger partial charge in [-0.3, -0.25) is 14.9 Å². The number of carbonyl (C=O) groups excluding carboxylic acids is 2. The van der Waals surface area contributed by atoms with Crippen molar-refractivity contribution in [2.24, 2.45) is 0 Å². The van der Waals surface area contributed by atoms with E-state index in [0.29, 0.717) is 12.2 Å². The molecule has 0 unspecified atom stereocenters. The number of rotatable bonds is 9. The van der Waals surface area contributed by atoms with Crippen molar-refractivity contribution in [1.29, 1.82) is 0 Å². The number of halogens is 1. The van der Waals surface area contributed by atoms with Crippen LogP contribution >= 0.6 is 11.6 Å². The molecule has 0 saturated heterocycles. The first-order valence-electron chi connectivity index (χ1n) is 8.56. The Morgan fingerprint density at radius 2 is 1.93 bits per heavy atom. The van der Waals surface area contributed by atoms with E-state index in [4.69, 9.17) is 21.1 Å². The van der Waals surface area contributed by atoms with Crippen molar-refractivity contribution in [3.63, 3.8) is 0 Å². The van der Waals surface area contributed by atoms with Crippen LogP contribution in [0.3, 0.4) is 0 Å². The third-order valence-corrected chi connectivity index (χ3v) is 4.63. The van der Waals surface area contributed by atoms with Gasteiger partial charge in [-0.25, -0.2) is 4.79 Å². The maximum atomic E-state index is 12.5. The van der Waals surface area contributed by atoms with Crippen LogP contribution in [0.5, 0.6) is 0 Å². The Hall–Kier alpha value is -2.71. The lowest BCUT2D eigenvalue weighted by Gasteiger charge is -2.09. The molecule has 0 aliphatic carbocycles. The van der Waals surface area contributed by atoms with Crippen molar-refractivity contribution in [2.75, 3.05) is 20.3 Å². The maximum absolute atomic E-state index is 12.5. The molecule has 8 nitrogen and oxygen atoms in total. The van der Waals surface area contributed by atoms with Crippen molar-refractivity contribution in [3.05, 3.63) is 61.9 Å². The van der Waals surface area contributed by atoms with Crippen LogP contribution < -0.4 is 0 Å². The number of hydrogen-bond donors (Lipinski definition) is 0. The minimum absolute atomic E-state index is 0.0369. The second kappa shape index (κ2) is 9.48. The zero-order valence-electron chi connectivity index (χ0n) is 15.9. The summed E-state index contributed by atoms with van der Waals surface area (Å²) in [6.07, 6.45) is 0.814. The number of Topliss-reactive ketones (excluding diaryl/α,β-unsaturated/α-hetero) is 1. The number of hydrogen-bond acceptors (Lipinski definition) is 6. The highest BCUT2D eigenvalue weighted by Crippen LogP contribution is 2.23. The van der Waals surface area contributed by atoms with Gasteiger partial charge in [-0.05, 0) is 32.4 Å². The van der Waals surface area contributed by atoms with E-state index in [1.54, 1.807) is 13.2 Å². The molecule has 0 radical (unpaired) electrons. The Morgan fingerprint density at radius 1 is 1.21 bits per heavy atom. The number of aromatic nitrogens is 1. The molecule has 28 heavy (non-hydrogen) atoms. The minimum atomic E-state index is -0.817. The molecular weight excluding hydrogens is 388 g/mol. The number of esters is 1. The van der Waals surface area contributed by atoms with Gasteiger partial charge in [0.05, 0.1) is 15.5 Å². The van der Waals surface area contributed by atoms with Gasteiger partial charge in [0.15, 0.2) is 6.61 Å². The molecule has 0 amide bonds. The van der Waals surface area contributed by atoms with Crippen LogP contribution in [-0.4, -0.2) is 41.6 Å². The molecule has 0 aliphatic rings. The van der Waals surface area contributed by atoms with Gasteiger partial charge in [0, 0.05) is 49.3 Å². The van der Waals surface area contributed by atoms with E-state index < -0.39 is 17.5 Å². The summed E-state index contributed by atoms with van der Waals surface area (Å²) in [5.74, 6) is -1.15. The molecular formula is C19H21ClN2O6. The number of non-ortho nitro benzene ring substituents is 1. The molecule has 0 fully saturated rings. The standard InChI is InChI=1S/C19H21ClN2O6/c1-12-9-16(13(2)21(12)7-4-8-27-3)18(23)11-28-19(24)15-6-5-14(22(25)26)10-17(15)20/h5-6,9-10H,4,7-8,11H2,1-3H3. The average molecular weight is 409 g/mol. The van der Waals surface area contributed by atoms with Gasteiger partial charge >= 0.3 is 5.97 Å². The van der Waals surface area contributed by atoms with Gasteiger partial charge in [0.2, 0.25) is 5.78 Å². The summed E-state index contributed by atoms with van der Waals surface area (Å²) < 4.78 is 12.1. The van der Waals surface area contributed by atoms with Crippen LogP contribution in [0.4, 0.5) is 5.69 Å². The average Bonchev–Trinajstić information content (AvgIpc) is 2.94. The van der Waals surface area contributed by atoms with E-state index in [0.717, 1.165) is 36.5 Å². The monoisotopic (exact) mass is 408 g/mol. The van der Waals surface area contributed by atoms with E-state index >= 15 is 0 Å². The summed E-state index contributed by atoms with van der Waals surface area (Å²) in [6, 6.07) is 5.18. The number of nitro groups is 1. The van der Waals surface area contributed by atoms with Gasteiger partial charge in [-0.15, -0.1) is 0 Å². The van der Waals surface area contributed by atoms with Gasteiger partial charge in [0.1, 0.15) is 0 Å². The summed E-state index contributed by atoms with van der Waals surface area (Å²) >= 11 is 5.91. The van der Waals surface area contributed by atoms with Crippen LogP contribution in [0.25, 0.3) is 0 Å². The zero-order valence-corrected chi connectivity index (χ0v) is 16.6. The third-order valence-electron chi connectivity index (χ3n) is 4.32. The molecule has 0 bridgehead atoms. The van der Waals surface area contributed by atoms with E-state index in [-0.39, 0.29) is 22.1 Å². The van der Waals surface area contributed by atoms with E-state index in [1.807, 2.05) is 18.4 Å². The predicted octanol–water partition coefficient (Wildman–Crippen LogP) is 3.74. The van der Waals surface area contributed by atoms with Gasteiger partial charge in [-0.1, -0.05) is 11.6 Å². The van der Waals surface area contributed by atoms with Crippen molar-refractivity contribution < 1.29 is 24.0 Å². The lowest BCUT2D eigenvalue weighted by molar-refractivity contribution is -0.384. The van der Waals surface area contributed by atoms with E-state index in [1.165, 1.54) is 6.07 Å². The fourth-order valence-electron chi connectivity index (χ4n) is 2.86. The summed E-state index contributed by atoms with van der Waals surface area (Å²) in [4.78, 5) is 34.8. The van der Waals surface area contributed by atoms with Crippen LogP contribution in [-0.2, 0) is 16.0 Å². The molecule has 9 heteroatoms. The Balaban J connectivity index is 2.05. The number of methoxy groups -OCH3 is 1. The van der Waals surface area contributed by atoms with Crippen molar-refractivity contribution in [2.45, 2.75) is 26.8 Å². The van der Waals surface area contributed by atoms with Gasteiger partial charge in [0.25, 0.3) is 5.69 Å². The topological polar surface area (TPSA) is 101 Å². The Labute approximate surface area is 167 Å². The summed E-state index contributed by atoms with van der Waals surface area (Å²) in [6.45, 7) is 4.63. The van der Waals surface area contributed by atoms with E-state index in [9.17, 15) is 19.7 Å². The van der Waals surface area contributed by atoms with Crippen molar-refractivity contribution >= 4 is 29.0 Å². The highest BCUT2D eigenvalue weighted by Gasteiger charge is 2.20. The fourth-order valence-corrected chi connectivity index (χ4v) is 3.12. The first kappa shape index (κ1) is 21.6. The Kier molecular flexibility index (Phi) is 7.31. The largest absolute Gasteiger partial charge is 0.454 e. The second-order valence-electron chi connectivity index (χ2n) is 6.20. The molecule has 0 aliphatic heterocycles. The molecule has 0 atom stereocenters. The first-order valence-corrected chi connectivity index (χ1v) is 8.94. The van der Waals surface area contributed by atoms with Crippen LogP contribution in [0.1, 0.15) is 38.5 Å². The lowest BCUT2D eigenvalue weighted by Crippen LogP contribution is -2.15. The molecule has 1 heterocycles. The minimum Gasteiger partial charge on any atom is -0.454 e. The van der Waals surface area contributed by atoms with Gasteiger partial charge < -0.3 is 14.0 Å². The molecule has 2 rings (SSSR count). The molecule has 1 aromatic carbocycles. The number of nitrogens with zero attached hydrogens (tertiary/aromatic N) is 2.